The van der Waals surface area contributed by atoms with Gasteiger partial charge in [-0.15, -0.1) is 0 Å². The van der Waals surface area contributed by atoms with Crippen molar-refractivity contribution < 1.29 is 84.1 Å². The summed E-state index contributed by atoms with van der Waals surface area (Å²) in [6, 6.07) is 0. The van der Waals surface area contributed by atoms with Crippen LogP contribution in [0.15, 0.2) is 37.5 Å². The topological polar surface area (TPSA) is 358 Å². The van der Waals surface area contributed by atoms with Crippen LogP contribution in [0.4, 0.5) is 25.6 Å². The van der Waals surface area contributed by atoms with Crippen molar-refractivity contribution in [3.05, 3.63) is 37.5 Å². The zero-order valence-corrected chi connectivity index (χ0v) is 50.0. The summed E-state index contributed by atoms with van der Waals surface area (Å²) in [4.78, 5) is 105. The Labute approximate surface area is 487 Å². The van der Waals surface area contributed by atoms with Gasteiger partial charge in [-0.3, -0.25) is 52.1 Å². The van der Waals surface area contributed by atoms with Crippen LogP contribution in [0.5, 0.6) is 0 Å². The molecule has 3 N–H and O–H groups in total. The molecule has 4 aromatic heterocycles. The average Bonchev–Trinajstić information content (AvgIpc) is 4.48. The highest BCUT2D eigenvalue weighted by atomic mass is 33.1. The molecule has 8 heterocycles. The zero-order chi connectivity index (χ0) is 59.6. The number of halogens is 1. The molecule has 0 radical (unpaired) electrons. The van der Waals surface area contributed by atoms with Gasteiger partial charge in [0.15, 0.2) is 40.8 Å². The summed E-state index contributed by atoms with van der Waals surface area (Å²) in [6.45, 7) is -0.277. The number of anilines is 2. The number of hydrogen-bond donors (Lipinski definition) is 3. The molecule has 9 atom stereocenters. The number of imide groups is 1. The van der Waals surface area contributed by atoms with E-state index in [1.165, 1.54) is 74.2 Å². The number of nitrogens with one attached hydrogen (secondary N) is 1. The second kappa shape index (κ2) is 28.5. The molecule has 1 unspecified atom stereocenters. The Morgan fingerprint density at radius 1 is 0.855 bits per heavy atom. The third kappa shape index (κ3) is 16.7. The van der Waals surface area contributed by atoms with E-state index in [9.17, 15) is 37.9 Å². The molecule has 83 heavy (non-hydrogen) atoms. The van der Waals surface area contributed by atoms with Crippen molar-refractivity contribution >= 4 is 119 Å². The molecule has 3 saturated heterocycles. The molecule has 0 saturated carbocycles. The first kappa shape index (κ1) is 63.4. The van der Waals surface area contributed by atoms with Crippen LogP contribution in [0.25, 0.3) is 22.3 Å². The minimum Gasteiger partial charge on any atom is -0.449 e. The summed E-state index contributed by atoms with van der Waals surface area (Å²) in [6.07, 6.45) is -2.33. The van der Waals surface area contributed by atoms with E-state index in [1.807, 2.05) is 13.8 Å². The number of ether oxygens (including phenoxy) is 5. The second-order valence-electron chi connectivity index (χ2n) is 19.7. The number of aromatic nitrogens is 8. The van der Waals surface area contributed by atoms with Crippen molar-refractivity contribution in [3.63, 3.8) is 0 Å². The quantitative estimate of drug-likeness (QED) is 0.0312. The number of nitrogen functional groups attached to an aromatic ring is 1. The Balaban J connectivity index is 0.709. The maximum absolute atomic E-state index is 16.1. The molecule has 8 rings (SSSR count). The molecule has 3 fully saturated rings. The lowest BCUT2D eigenvalue weighted by Gasteiger charge is -2.26. The second-order valence-corrected chi connectivity index (χ2v) is 26.7. The van der Waals surface area contributed by atoms with Gasteiger partial charge in [-0.05, 0) is 20.3 Å². The van der Waals surface area contributed by atoms with Crippen LogP contribution in [0.1, 0.15) is 52.0 Å². The van der Waals surface area contributed by atoms with Gasteiger partial charge in [-0.1, -0.05) is 33.8 Å². The first-order chi connectivity index (χ1) is 39.6. The molecule has 4 aliphatic rings. The number of fused-ring (bicyclic) bond motifs is 4. The molecule has 4 aromatic rings. The Bertz CT molecular complexity index is 3100. The number of carbonyl (C=O) groups is 6. The predicted molar refractivity (Wildman–Crippen MR) is 299 cm³/mol. The number of hydrogen-bond acceptors (Lipinski definition) is 26. The van der Waals surface area contributed by atoms with E-state index in [2.05, 4.69) is 47.5 Å². The highest BCUT2D eigenvalue weighted by Crippen LogP contribution is 2.57. The van der Waals surface area contributed by atoms with Crippen LogP contribution in [-0.4, -0.2) is 223 Å². The van der Waals surface area contributed by atoms with Gasteiger partial charge in [0.05, 0.1) is 58.6 Å². The third-order valence-corrected chi connectivity index (χ3v) is 19.1. The van der Waals surface area contributed by atoms with Crippen molar-refractivity contribution in [2.45, 2.75) is 87.3 Å². The van der Waals surface area contributed by atoms with Gasteiger partial charge in [0.25, 0.3) is 11.8 Å². The zero-order valence-electron chi connectivity index (χ0n) is 45.6. The largest absolute Gasteiger partial charge is 0.449 e. The fraction of sp³-hybridized carbons (Fsp3) is 0.609. The third-order valence-electron chi connectivity index (χ3n) is 13.3. The monoisotopic (exact) mass is 1260 g/mol. The Kier molecular flexibility index (Phi) is 21.8. The molecule has 31 nitrogen and oxygen atoms in total. The van der Waals surface area contributed by atoms with Gasteiger partial charge < -0.3 is 53.2 Å². The van der Waals surface area contributed by atoms with Gasteiger partial charge in [-0.2, -0.15) is 0 Å². The number of nitrogens with zero attached hydrogens (tertiary/aromatic N) is 12. The molecule has 454 valence electrons. The van der Waals surface area contributed by atoms with Crippen molar-refractivity contribution in [3.8, 4) is 0 Å². The van der Waals surface area contributed by atoms with Gasteiger partial charge in [0.1, 0.15) is 62.0 Å². The normalized spacial score (nSPS) is 24.7. The van der Waals surface area contributed by atoms with Gasteiger partial charge in [-0.25, -0.2) is 48.4 Å². The number of likely N-dealkylation sites (N-methyl/N-ethyl adjacent to an activating group) is 3. The van der Waals surface area contributed by atoms with Crippen LogP contribution in [0.2, 0.25) is 0 Å². The van der Waals surface area contributed by atoms with Crippen molar-refractivity contribution in [2.75, 3.05) is 104 Å². The lowest BCUT2D eigenvalue weighted by molar-refractivity contribution is -0.138. The Morgan fingerprint density at radius 3 is 2.29 bits per heavy atom. The number of alkyl halides is 1. The van der Waals surface area contributed by atoms with E-state index in [0.29, 0.717) is 25.3 Å². The molecule has 37 heteroatoms. The molecule has 0 spiro atoms. The van der Waals surface area contributed by atoms with Crippen LogP contribution in [-0.2, 0) is 70.1 Å². The molecule has 4 aliphatic heterocycles. The summed E-state index contributed by atoms with van der Waals surface area (Å²) < 4.78 is 96.4. The summed E-state index contributed by atoms with van der Waals surface area (Å²) in [5.74, 6) is -0.509. The maximum atomic E-state index is 16.1. The first-order valence-corrected chi connectivity index (χ1v) is 32.1. The molecule has 0 aromatic carbocycles. The highest BCUT2D eigenvalue weighted by molar-refractivity contribution is 8.77. The molecule has 0 aliphatic carbocycles. The van der Waals surface area contributed by atoms with Crippen molar-refractivity contribution in [2.24, 2.45) is 0 Å². The fourth-order valence-corrected chi connectivity index (χ4v) is 13.4. The standard InChI is InChI=1S/C46H63FN14O17P2S3/c1-46(2,10-8-30(62)56(3)11-12-57(4)31(63)9-15-70-16-14-59-32(64)6-7-33(59)65)83-82-19-18-72-45(67)58(5)13-17-71-44(66)55-40-37-42(52-24-50-40)60(25-54-37)34-20-27-28(75-34)21-73-79(68)77-38-29(22-74-80(69,81)78-27)76-43(35(38)47)61-26-53-36-39(48)49-23-51-41(36)61/h6-7,23-29,34-35,38,43,79H,8-22H2,1-5H3,(H,69,81)(H2,48,49,51)(H,50,52,55,66)/t27-,28+,29+,34+,35+,38+,43+,80+/m0/s1. The number of carbonyl (C=O) groups excluding carboxylic acids is 6. The van der Waals surface area contributed by atoms with E-state index in [1.54, 1.807) is 29.8 Å². The summed E-state index contributed by atoms with van der Waals surface area (Å²) in [5, 5.41) is 2.52. The van der Waals surface area contributed by atoms with E-state index in [4.69, 9.17) is 47.5 Å². The maximum Gasteiger partial charge on any atom is 0.412 e. The molecular weight excluding hydrogens is 1200 g/mol. The predicted octanol–water partition coefficient (Wildman–Crippen LogP) is 3.82. The summed E-state index contributed by atoms with van der Waals surface area (Å²) in [7, 11) is 4.44. The van der Waals surface area contributed by atoms with Crippen LogP contribution in [0.3, 0.4) is 0 Å². The minimum absolute atomic E-state index is 0.000462. The lowest BCUT2D eigenvalue weighted by Crippen LogP contribution is -2.38. The average molecular weight is 1260 g/mol. The van der Waals surface area contributed by atoms with E-state index >= 15 is 4.39 Å². The molecule has 0 bridgehead atoms. The molecular formula is C46H63FN14O17P2S3. The van der Waals surface area contributed by atoms with E-state index < -0.39 is 95.3 Å². The van der Waals surface area contributed by atoms with Gasteiger partial charge in [0.2, 0.25) is 11.8 Å². The van der Waals surface area contributed by atoms with Gasteiger partial charge >= 0.3 is 27.2 Å². The van der Waals surface area contributed by atoms with E-state index in [-0.39, 0.29) is 109 Å². The Hall–Kier alpha value is -5.58. The highest BCUT2D eigenvalue weighted by Gasteiger charge is 2.51. The van der Waals surface area contributed by atoms with Crippen LogP contribution >= 0.6 is 48.9 Å². The number of thiol groups is 1. The fourth-order valence-electron chi connectivity index (χ4n) is 8.62. The number of imidazole rings is 2. The van der Waals surface area contributed by atoms with Crippen molar-refractivity contribution in [1.29, 1.82) is 0 Å². The number of nitrogens with two attached hydrogens (primary N) is 1. The number of amides is 6. The minimum atomic E-state index is -4.24. The van der Waals surface area contributed by atoms with Gasteiger partial charge in [0, 0.05) is 69.7 Å². The first-order valence-electron chi connectivity index (χ1n) is 25.8. The van der Waals surface area contributed by atoms with Crippen LogP contribution < -0.4 is 11.1 Å². The summed E-state index contributed by atoms with van der Waals surface area (Å²) in [5.41, 5.74) is 6.60. The Morgan fingerprint density at radius 2 is 1.54 bits per heavy atom. The lowest BCUT2D eigenvalue weighted by atomic mass is 10.1. The van der Waals surface area contributed by atoms with Crippen LogP contribution in [0, 0.1) is 0 Å². The summed E-state index contributed by atoms with van der Waals surface area (Å²) >= 11 is 4.17. The SMILES string of the molecule is CN(CCN(C)C(=O)CCC(C)(C)SSCCOC(=O)N(C)CCOC(=O)Nc1ncnc2c1ncn2[C@H]1C[C@@H]2O[P@](=O)(S)OC[C@H]3O[C@@H](n4cnc5c(N)ncnc54)[C@H](F)[C@@H]3O[PH](=O)OC[C@H]2O1)C(=O)CCOCCN1C(=O)C=CC1=O. The number of rotatable bonds is 23. The smallest absolute Gasteiger partial charge is 0.412 e. The van der Waals surface area contributed by atoms with Crippen molar-refractivity contribution in [1.82, 2.24) is 58.6 Å². The molecule has 6 amide bonds. The van der Waals surface area contributed by atoms with E-state index in [0.717, 1.165) is 4.90 Å².